The van der Waals surface area contributed by atoms with Gasteiger partial charge in [0.05, 0.1) is 0 Å². The topological polar surface area (TPSA) is 74.6 Å². The summed E-state index contributed by atoms with van der Waals surface area (Å²) in [6.07, 6.45) is 0. The molecule has 1 amide bonds. The Hall–Kier alpha value is -1.42. The van der Waals surface area contributed by atoms with Crippen LogP contribution in [0.1, 0.15) is 10.4 Å². The van der Waals surface area contributed by atoms with E-state index in [1.165, 1.54) is 24.3 Å². The van der Waals surface area contributed by atoms with Gasteiger partial charge in [-0.1, -0.05) is 0 Å². The molecule has 0 unspecified atom stereocenters. The fourth-order valence-electron chi connectivity index (χ4n) is 0.614. The van der Waals surface area contributed by atoms with Gasteiger partial charge in [0.1, 0.15) is 5.82 Å². The van der Waals surface area contributed by atoms with E-state index in [1.54, 1.807) is 0 Å². The van der Waals surface area contributed by atoms with Crippen LogP contribution in [0, 0.1) is 5.82 Å². The van der Waals surface area contributed by atoms with Crippen molar-refractivity contribution in [3.63, 3.8) is 0 Å². The second kappa shape index (κ2) is 3.68. The molecule has 0 heterocycles. The van der Waals surface area contributed by atoms with Crippen molar-refractivity contribution in [1.82, 2.24) is 0 Å². The summed E-state index contributed by atoms with van der Waals surface area (Å²) in [6, 6.07) is 5.08. The van der Waals surface area contributed by atoms with Gasteiger partial charge in [-0.25, -0.2) is 4.39 Å². The average Bonchev–Trinajstić information content (AvgIpc) is 1.88. The predicted molar refractivity (Wildman–Crippen MR) is 38.5 cm³/mol. The van der Waals surface area contributed by atoms with Crippen molar-refractivity contribution in [3.05, 3.63) is 35.6 Å². The molecule has 0 saturated heterocycles. The normalized spacial score (nSPS) is 8.45. The number of nitrogens with two attached hydrogens (primary N) is 1. The van der Waals surface area contributed by atoms with E-state index in [0.29, 0.717) is 5.56 Å². The van der Waals surface area contributed by atoms with Crippen molar-refractivity contribution in [3.8, 4) is 0 Å². The van der Waals surface area contributed by atoms with Crippen molar-refractivity contribution < 1.29 is 14.7 Å². The molecule has 1 aromatic carbocycles. The molecule has 1 rings (SSSR count). The van der Waals surface area contributed by atoms with Crippen molar-refractivity contribution in [2.75, 3.05) is 0 Å². The molecule has 0 saturated carbocycles. The van der Waals surface area contributed by atoms with E-state index in [9.17, 15) is 9.18 Å². The summed E-state index contributed by atoms with van der Waals surface area (Å²) >= 11 is 0. The molecule has 1 aromatic rings. The molecule has 4 N–H and O–H groups in total. The fourth-order valence-corrected chi connectivity index (χ4v) is 0.614. The lowest BCUT2D eigenvalue weighted by atomic mass is 10.2. The molecular formula is C7H8FNO2. The summed E-state index contributed by atoms with van der Waals surface area (Å²) in [5.41, 5.74) is 5.22. The molecule has 0 aliphatic carbocycles. The molecular weight excluding hydrogens is 149 g/mol. The second-order valence-corrected chi connectivity index (χ2v) is 1.87. The lowest BCUT2D eigenvalue weighted by Gasteiger charge is -1.91. The zero-order valence-electron chi connectivity index (χ0n) is 5.67. The van der Waals surface area contributed by atoms with E-state index in [4.69, 9.17) is 5.73 Å². The monoisotopic (exact) mass is 157 g/mol. The van der Waals surface area contributed by atoms with E-state index in [-0.39, 0.29) is 11.3 Å². The lowest BCUT2D eigenvalue weighted by Crippen LogP contribution is -2.10. The zero-order valence-corrected chi connectivity index (χ0v) is 5.67. The summed E-state index contributed by atoms with van der Waals surface area (Å²) in [7, 11) is 0. The Morgan fingerprint density at radius 2 is 1.73 bits per heavy atom. The second-order valence-electron chi connectivity index (χ2n) is 1.87. The Kier molecular flexibility index (Phi) is 3.20. The number of primary amides is 1. The molecule has 11 heavy (non-hydrogen) atoms. The van der Waals surface area contributed by atoms with Gasteiger partial charge >= 0.3 is 0 Å². The summed E-state index contributed by atoms with van der Waals surface area (Å²) in [5, 5.41) is 0. The third-order valence-electron chi connectivity index (χ3n) is 1.13. The number of carbonyl (C=O) groups is 1. The first-order valence-electron chi connectivity index (χ1n) is 2.75. The van der Waals surface area contributed by atoms with Crippen molar-refractivity contribution in [2.45, 2.75) is 0 Å². The molecule has 0 aliphatic heterocycles. The molecule has 3 nitrogen and oxygen atoms in total. The Morgan fingerprint density at radius 3 is 2.09 bits per heavy atom. The minimum Gasteiger partial charge on any atom is -0.412 e. The number of amides is 1. The van der Waals surface area contributed by atoms with Crippen LogP contribution in [0.2, 0.25) is 0 Å². The van der Waals surface area contributed by atoms with Crippen LogP contribution in [0.5, 0.6) is 0 Å². The number of halogens is 1. The zero-order chi connectivity index (χ0) is 7.56. The van der Waals surface area contributed by atoms with Gasteiger partial charge in [-0.3, -0.25) is 4.79 Å². The van der Waals surface area contributed by atoms with E-state index < -0.39 is 5.91 Å². The highest BCUT2D eigenvalue weighted by atomic mass is 19.1. The first-order valence-corrected chi connectivity index (χ1v) is 2.75. The quantitative estimate of drug-likeness (QED) is 0.616. The van der Waals surface area contributed by atoms with Crippen LogP contribution in [-0.2, 0) is 0 Å². The molecule has 0 bridgehead atoms. The molecule has 0 aromatic heterocycles. The summed E-state index contributed by atoms with van der Waals surface area (Å²) in [5.74, 6) is -0.912. The van der Waals surface area contributed by atoms with Gasteiger partial charge in [-0.05, 0) is 24.3 Å². The van der Waals surface area contributed by atoms with E-state index >= 15 is 0 Å². The minimum absolute atomic E-state index is 0. The number of rotatable bonds is 1. The van der Waals surface area contributed by atoms with Crippen LogP contribution >= 0.6 is 0 Å². The largest absolute Gasteiger partial charge is 0.412 e. The van der Waals surface area contributed by atoms with Gasteiger partial charge < -0.3 is 11.2 Å². The van der Waals surface area contributed by atoms with Gasteiger partial charge in [0, 0.05) is 5.56 Å². The maximum Gasteiger partial charge on any atom is 0.248 e. The van der Waals surface area contributed by atoms with E-state index in [1.807, 2.05) is 0 Å². The molecule has 4 heteroatoms. The lowest BCUT2D eigenvalue weighted by molar-refractivity contribution is 0.100. The number of carbonyl (C=O) groups excluding carboxylic acids is 1. The van der Waals surface area contributed by atoms with Gasteiger partial charge in [-0.2, -0.15) is 0 Å². The van der Waals surface area contributed by atoms with E-state index in [0.717, 1.165) is 0 Å². The van der Waals surface area contributed by atoms with Crippen LogP contribution in [0.3, 0.4) is 0 Å². The maximum absolute atomic E-state index is 12.2. The van der Waals surface area contributed by atoms with Crippen molar-refractivity contribution >= 4 is 5.91 Å². The van der Waals surface area contributed by atoms with Crippen LogP contribution in [0.15, 0.2) is 24.3 Å². The minimum atomic E-state index is -0.542. The first-order chi connectivity index (χ1) is 4.70. The number of hydrogen-bond donors (Lipinski definition) is 1. The molecule has 60 valence electrons. The van der Waals surface area contributed by atoms with Crippen LogP contribution < -0.4 is 5.73 Å². The molecule has 0 radical (unpaired) electrons. The van der Waals surface area contributed by atoms with Gasteiger partial charge in [-0.15, -0.1) is 0 Å². The van der Waals surface area contributed by atoms with E-state index in [2.05, 4.69) is 0 Å². The Labute approximate surface area is 62.9 Å². The third-order valence-corrected chi connectivity index (χ3v) is 1.13. The van der Waals surface area contributed by atoms with Crippen LogP contribution in [0.4, 0.5) is 4.39 Å². The summed E-state index contributed by atoms with van der Waals surface area (Å²) in [6.45, 7) is 0. The third kappa shape index (κ3) is 2.35. The fraction of sp³-hybridized carbons (Fsp3) is 0. The number of benzene rings is 1. The Balaban J connectivity index is 0.000001000. The summed E-state index contributed by atoms with van der Waals surface area (Å²) < 4.78 is 12.2. The molecule has 0 spiro atoms. The first kappa shape index (κ1) is 9.58. The maximum atomic E-state index is 12.2. The highest BCUT2D eigenvalue weighted by Crippen LogP contribution is 2.00. The molecule has 0 fully saturated rings. The smallest absolute Gasteiger partial charge is 0.248 e. The van der Waals surface area contributed by atoms with Crippen molar-refractivity contribution in [1.29, 1.82) is 0 Å². The highest BCUT2D eigenvalue weighted by molar-refractivity contribution is 5.92. The van der Waals surface area contributed by atoms with Gasteiger partial charge in [0.25, 0.3) is 0 Å². The summed E-state index contributed by atoms with van der Waals surface area (Å²) in [4.78, 5) is 10.4. The van der Waals surface area contributed by atoms with Crippen LogP contribution in [0.25, 0.3) is 0 Å². The Morgan fingerprint density at radius 1 is 1.27 bits per heavy atom. The highest BCUT2D eigenvalue weighted by Gasteiger charge is 1.97. The standard InChI is InChI=1S/C7H6FNO.H2O/c8-6-3-1-5(2-4-6)7(9)10;/h1-4H,(H2,9,10);1H2. The Bertz CT molecular complexity index is 245. The van der Waals surface area contributed by atoms with Crippen LogP contribution in [-0.4, -0.2) is 11.4 Å². The SMILES string of the molecule is NC(=O)c1ccc(F)cc1.O. The molecule has 0 atom stereocenters. The van der Waals surface area contributed by atoms with Gasteiger partial charge in [0.2, 0.25) is 5.91 Å². The van der Waals surface area contributed by atoms with Crippen molar-refractivity contribution in [2.24, 2.45) is 5.73 Å². The van der Waals surface area contributed by atoms with Gasteiger partial charge in [0.15, 0.2) is 0 Å². The molecule has 0 aliphatic rings. The average molecular weight is 157 g/mol. The number of hydrogen-bond acceptors (Lipinski definition) is 1. The predicted octanol–water partition coefficient (Wildman–Crippen LogP) is 0.0999.